The number of hydrogen-bond acceptors (Lipinski definition) is 9. The lowest BCUT2D eigenvalue weighted by molar-refractivity contribution is -0.134. The van der Waals surface area contributed by atoms with Crippen LogP contribution in [-0.4, -0.2) is 134 Å². The van der Waals surface area contributed by atoms with E-state index in [0.29, 0.717) is 89.9 Å². The molecule has 1 N–H and O–H groups in total. The second kappa shape index (κ2) is 19.9. The monoisotopic (exact) mass is 732 g/mol. The molecule has 3 fully saturated rings. The van der Waals surface area contributed by atoms with Gasteiger partial charge in [0.15, 0.2) is 0 Å². The van der Waals surface area contributed by atoms with Crippen LogP contribution in [-0.2, 0) is 41.5 Å². The number of nitrogens with zero attached hydrogens (tertiary/aromatic N) is 5. The fourth-order valence-corrected chi connectivity index (χ4v) is 8.94. The highest BCUT2D eigenvalue weighted by Crippen LogP contribution is 2.43. The number of carbonyl (C=O) groups is 2. The Morgan fingerprint density at radius 3 is 2.25 bits per heavy atom. The molecule has 6 rings (SSSR count). The van der Waals surface area contributed by atoms with E-state index in [1.54, 1.807) is 6.92 Å². The summed E-state index contributed by atoms with van der Waals surface area (Å²) in [6.45, 7) is 13.0. The highest BCUT2D eigenvalue weighted by molar-refractivity contribution is 5.77. The van der Waals surface area contributed by atoms with E-state index >= 15 is 0 Å². The number of ether oxygens (including phenoxy) is 4. The maximum Gasteiger partial charge on any atom is 0.223 e. The van der Waals surface area contributed by atoms with Crippen molar-refractivity contribution in [2.45, 2.75) is 89.5 Å². The fraction of sp³-hybridized carbons (Fsp3) is 0.683. The highest BCUT2D eigenvalue weighted by atomic mass is 16.6. The van der Waals surface area contributed by atoms with Crippen molar-refractivity contribution in [3.8, 4) is 12.3 Å². The van der Waals surface area contributed by atoms with E-state index in [1.165, 1.54) is 24.1 Å². The van der Waals surface area contributed by atoms with E-state index in [0.717, 1.165) is 69.9 Å². The molecule has 53 heavy (non-hydrogen) atoms. The molecule has 12 nitrogen and oxygen atoms in total. The number of aryl methyl sites for hydroxylation is 1. The summed E-state index contributed by atoms with van der Waals surface area (Å²) in [6, 6.07) is 12.0. The molecule has 12 heteroatoms. The summed E-state index contributed by atoms with van der Waals surface area (Å²) < 4.78 is 24.4. The third-order valence-corrected chi connectivity index (χ3v) is 11.4. The van der Waals surface area contributed by atoms with Crippen molar-refractivity contribution < 1.29 is 28.5 Å². The zero-order valence-corrected chi connectivity index (χ0v) is 31.9. The largest absolute Gasteiger partial charge is 0.378 e. The Balaban J connectivity index is 0.874. The third-order valence-electron chi connectivity index (χ3n) is 11.4. The van der Waals surface area contributed by atoms with Crippen LogP contribution < -0.4 is 5.32 Å². The van der Waals surface area contributed by atoms with E-state index in [2.05, 4.69) is 44.7 Å². The highest BCUT2D eigenvalue weighted by Gasteiger charge is 2.42. The summed E-state index contributed by atoms with van der Waals surface area (Å²) in [4.78, 5) is 37.5. The fourth-order valence-electron chi connectivity index (χ4n) is 8.94. The van der Waals surface area contributed by atoms with E-state index in [9.17, 15) is 9.59 Å². The molecule has 2 bridgehead atoms. The lowest BCUT2D eigenvalue weighted by Crippen LogP contribution is -2.50. The minimum atomic E-state index is 0.0189. The standard InChI is InChI=1S/C41H60N6O6/c1-4-17-50-19-21-52-23-24-53-22-20-51-18-16-44-28-33(29-44)25-41(49)45-14-13-40-39(30-45)42-31(2)47(40)37-26-35-10-11-36(27-37)46(35)15-12-38(43-32(3)48)34-8-6-5-7-9-34/h1,5-9,33,35-38H,10-30H2,2-3H3,(H,43,48)/t35?,36?,37?,38-/m0/s1. The molecule has 2 unspecified atom stereocenters. The maximum atomic E-state index is 13.4. The number of amides is 2. The van der Waals surface area contributed by atoms with Crippen molar-refractivity contribution in [2.75, 3.05) is 85.6 Å². The summed E-state index contributed by atoms with van der Waals surface area (Å²) >= 11 is 0. The van der Waals surface area contributed by atoms with Crippen LogP contribution in [0.5, 0.6) is 0 Å². The maximum absolute atomic E-state index is 13.4. The summed E-state index contributed by atoms with van der Waals surface area (Å²) in [6.07, 6.45) is 12.3. The van der Waals surface area contributed by atoms with Gasteiger partial charge in [0.25, 0.3) is 0 Å². The lowest BCUT2D eigenvalue weighted by Gasteiger charge is -2.41. The van der Waals surface area contributed by atoms with Crippen LogP contribution in [0.3, 0.4) is 0 Å². The quantitative estimate of drug-likeness (QED) is 0.152. The number of carbonyl (C=O) groups excluding carboxylic acids is 2. The number of hydrogen-bond donors (Lipinski definition) is 1. The van der Waals surface area contributed by atoms with E-state index in [4.69, 9.17) is 30.4 Å². The number of piperidine rings is 1. The normalized spacial score (nSPS) is 22.3. The van der Waals surface area contributed by atoms with Crippen LogP contribution >= 0.6 is 0 Å². The van der Waals surface area contributed by atoms with Crippen molar-refractivity contribution >= 4 is 11.8 Å². The van der Waals surface area contributed by atoms with Gasteiger partial charge in [-0.25, -0.2) is 4.98 Å². The number of terminal acetylenes is 1. The van der Waals surface area contributed by atoms with Gasteiger partial charge >= 0.3 is 0 Å². The first-order valence-electron chi connectivity index (χ1n) is 19.8. The molecule has 3 atom stereocenters. The van der Waals surface area contributed by atoms with Crippen LogP contribution in [0.4, 0.5) is 0 Å². The average molecular weight is 733 g/mol. The van der Waals surface area contributed by atoms with Crippen molar-refractivity contribution in [2.24, 2.45) is 5.92 Å². The number of nitrogens with one attached hydrogen (secondary N) is 1. The van der Waals surface area contributed by atoms with Gasteiger partial charge in [-0.1, -0.05) is 36.3 Å². The van der Waals surface area contributed by atoms with Crippen LogP contribution in [0.1, 0.15) is 80.3 Å². The smallest absolute Gasteiger partial charge is 0.223 e. The summed E-state index contributed by atoms with van der Waals surface area (Å²) in [7, 11) is 0. The molecule has 1 aromatic heterocycles. The second-order valence-corrected chi connectivity index (χ2v) is 15.1. The first-order valence-corrected chi connectivity index (χ1v) is 19.8. The van der Waals surface area contributed by atoms with Crippen molar-refractivity contribution in [1.29, 1.82) is 0 Å². The van der Waals surface area contributed by atoms with Crippen molar-refractivity contribution in [3.05, 3.63) is 53.1 Å². The van der Waals surface area contributed by atoms with E-state index < -0.39 is 0 Å². The lowest BCUT2D eigenvalue weighted by atomic mass is 9.94. The molecule has 4 aliphatic heterocycles. The minimum absolute atomic E-state index is 0.0189. The molecule has 4 aliphatic rings. The van der Waals surface area contributed by atoms with Gasteiger partial charge in [-0.3, -0.25) is 14.5 Å². The molecule has 2 aromatic rings. The van der Waals surface area contributed by atoms with Crippen molar-refractivity contribution in [1.82, 2.24) is 29.6 Å². The average Bonchev–Trinajstić information content (AvgIpc) is 3.59. The Labute approximate surface area is 315 Å². The Bertz CT molecular complexity index is 1490. The number of imidazole rings is 1. The molecule has 0 spiro atoms. The van der Waals surface area contributed by atoms with Gasteiger partial charge in [-0.2, -0.15) is 0 Å². The van der Waals surface area contributed by atoms with Gasteiger partial charge in [0.2, 0.25) is 11.8 Å². The Hall–Kier alpha value is -3.31. The topological polar surface area (TPSA) is 111 Å². The van der Waals surface area contributed by atoms with Gasteiger partial charge in [-0.05, 0) is 50.5 Å². The van der Waals surface area contributed by atoms with Gasteiger partial charge in [-0.15, -0.1) is 6.42 Å². The Morgan fingerprint density at radius 1 is 0.925 bits per heavy atom. The molecule has 0 radical (unpaired) electrons. The van der Waals surface area contributed by atoms with Crippen LogP contribution in [0.25, 0.3) is 0 Å². The van der Waals surface area contributed by atoms with Gasteiger partial charge < -0.3 is 38.6 Å². The summed E-state index contributed by atoms with van der Waals surface area (Å²) in [5.41, 5.74) is 3.60. The molecule has 290 valence electrons. The SMILES string of the molecule is C#CCOCCOCCOCCOCCN1CC(CC(=O)N2CCc3c(nc(C)n3C3CC4CCC(C3)N4CC[C@H](NC(C)=O)c3ccccc3)C2)C1. The predicted molar refractivity (Wildman–Crippen MR) is 202 cm³/mol. The number of rotatable bonds is 21. The molecule has 0 aliphatic carbocycles. The first-order chi connectivity index (χ1) is 25.9. The molecule has 3 saturated heterocycles. The molecular formula is C41H60N6O6. The van der Waals surface area contributed by atoms with Gasteiger partial charge in [0.05, 0.1) is 64.5 Å². The minimum Gasteiger partial charge on any atom is -0.378 e. The number of fused-ring (bicyclic) bond motifs is 3. The number of aromatic nitrogens is 2. The molecular weight excluding hydrogens is 672 g/mol. The first kappa shape index (κ1) is 39.4. The van der Waals surface area contributed by atoms with Crippen molar-refractivity contribution in [3.63, 3.8) is 0 Å². The van der Waals surface area contributed by atoms with Gasteiger partial charge in [0.1, 0.15) is 12.4 Å². The Morgan fingerprint density at radius 2 is 1.58 bits per heavy atom. The second-order valence-electron chi connectivity index (χ2n) is 15.1. The molecule has 2 amide bonds. The third kappa shape index (κ3) is 10.9. The van der Waals surface area contributed by atoms with Crippen LogP contribution in [0.15, 0.2) is 30.3 Å². The van der Waals surface area contributed by atoms with Crippen LogP contribution in [0.2, 0.25) is 0 Å². The van der Waals surface area contributed by atoms with E-state index in [-0.39, 0.29) is 17.9 Å². The zero-order chi connectivity index (χ0) is 37.0. The number of likely N-dealkylation sites (tertiary alicyclic amines) is 1. The molecule has 5 heterocycles. The summed E-state index contributed by atoms with van der Waals surface area (Å²) in [5.74, 6) is 4.19. The van der Waals surface area contributed by atoms with Gasteiger partial charge in [0, 0.05) is 76.3 Å². The van der Waals surface area contributed by atoms with Crippen LogP contribution in [0, 0.1) is 25.2 Å². The predicted octanol–water partition coefficient (Wildman–Crippen LogP) is 3.53. The van der Waals surface area contributed by atoms with E-state index in [1.807, 2.05) is 23.1 Å². The number of benzene rings is 1. The summed E-state index contributed by atoms with van der Waals surface area (Å²) in [5, 5.41) is 3.19. The Kier molecular flexibility index (Phi) is 14.8. The molecule has 0 saturated carbocycles. The molecule has 1 aromatic carbocycles. The zero-order valence-electron chi connectivity index (χ0n) is 31.9.